The van der Waals surface area contributed by atoms with E-state index in [1.165, 1.54) is 12.4 Å². The van der Waals surface area contributed by atoms with Crippen molar-refractivity contribution in [1.82, 2.24) is 19.9 Å². The summed E-state index contributed by atoms with van der Waals surface area (Å²) in [7, 11) is 0. The van der Waals surface area contributed by atoms with Crippen LogP contribution in [0.2, 0.25) is 0 Å². The molecular formula is C16H14N4O2. The van der Waals surface area contributed by atoms with Crippen molar-refractivity contribution >= 4 is 17.0 Å². The Morgan fingerprint density at radius 3 is 3.00 bits per heavy atom. The van der Waals surface area contributed by atoms with Crippen LogP contribution in [0.25, 0.3) is 11.1 Å². The maximum atomic E-state index is 12.4. The predicted octanol–water partition coefficient (Wildman–Crippen LogP) is 2.25. The molecule has 1 saturated heterocycles. The maximum Gasteiger partial charge on any atom is 0.274 e. The van der Waals surface area contributed by atoms with Crippen LogP contribution in [0.15, 0.2) is 47.3 Å². The van der Waals surface area contributed by atoms with Crippen LogP contribution >= 0.6 is 0 Å². The topological polar surface area (TPSA) is 72.1 Å². The van der Waals surface area contributed by atoms with Gasteiger partial charge in [-0.15, -0.1) is 0 Å². The molecule has 4 rings (SSSR count). The second-order valence-electron chi connectivity index (χ2n) is 5.35. The zero-order chi connectivity index (χ0) is 14.9. The third-order valence-electron chi connectivity index (χ3n) is 3.92. The Kier molecular flexibility index (Phi) is 3.07. The molecule has 6 heteroatoms. The van der Waals surface area contributed by atoms with Crippen LogP contribution < -0.4 is 0 Å². The fourth-order valence-corrected chi connectivity index (χ4v) is 2.78. The first-order valence-electron chi connectivity index (χ1n) is 7.22. The van der Waals surface area contributed by atoms with Crippen LogP contribution in [-0.4, -0.2) is 38.8 Å². The van der Waals surface area contributed by atoms with Crippen LogP contribution in [0.3, 0.4) is 0 Å². The summed E-state index contributed by atoms with van der Waals surface area (Å²) in [6.45, 7) is 1.28. The highest BCUT2D eigenvalue weighted by Gasteiger charge is 2.31. The average Bonchev–Trinajstić information content (AvgIpc) is 3.21. The molecule has 3 aromatic rings. The fourth-order valence-electron chi connectivity index (χ4n) is 2.78. The van der Waals surface area contributed by atoms with Crippen molar-refractivity contribution in [2.75, 3.05) is 13.1 Å². The molecule has 0 saturated carbocycles. The normalized spacial score (nSPS) is 18.0. The number of carbonyl (C=O) groups is 1. The van der Waals surface area contributed by atoms with Crippen LogP contribution in [-0.2, 0) is 0 Å². The summed E-state index contributed by atoms with van der Waals surface area (Å²) in [6, 6.07) is 7.70. The molecule has 0 spiro atoms. The number of nitrogens with zero attached hydrogens (tertiary/aromatic N) is 4. The summed E-state index contributed by atoms with van der Waals surface area (Å²) >= 11 is 0. The third kappa shape index (κ3) is 2.22. The lowest BCUT2D eigenvalue weighted by atomic mass is 10.1. The summed E-state index contributed by atoms with van der Waals surface area (Å²) in [5.74, 6) is 0.746. The molecule has 0 radical (unpaired) electrons. The molecule has 6 nitrogen and oxygen atoms in total. The Hall–Kier alpha value is -2.76. The fraction of sp³-hybridized carbons (Fsp3) is 0.250. The van der Waals surface area contributed by atoms with Gasteiger partial charge in [0.05, 0.1) is 12.1 Å². The molecule has 22 heavy (non-hydrogen) atoms. The number of carbonyl (C=O) groups excluding carboxylic acids is 1. The van der Waals surface area contributed by atoms with Gasteiger partial charge in [0.15, 0.2) is 11.5 Å². The Balaban J connectivity index is 1.53. The summed E-state index contributed by atoms with van der Waals surface area (Å²) in [5, 5.41) is 0. The van der Waals surface area contributed by atoms with Gasteiger partial charge in [0, 0.05) is 25.5 Å². The minimum absolute atomic E-state index is 0.0910. The van der Waals surface area contributed by atoms with Gasteiger partial charge in [-0.3, -0.25) is 9.78 Å². The molecule has 1 fully saturated rings. The minimum atomic E-state index is -0.0910. The highest BCUT2D eigenvalue weighted by atomic mass is 16.3. The number of para-hydroxylation sites is 2. The van der Waals surface area contributed by atoms with E-state index in [9.17, 15) is 4.79 Å². The molecular weight excluding hydrogens is 280 g/mol. The van der Waals surface area contributed by atoms with Crippen molar-refractivity contribution in [3.8, 4) is 0 Å². The van der Waals surface area contributed by atoms with E-state index in [0.29, 0.717) is 24.7 Å². The largest absolute Gasteiger partial charge is 0.440 e. The van der Waals surface area contributed by atoms with Crippen LogP contribution in [0, 0.1) is 0 Å². The molecule has 1 amide bonds. The van der Waals surface area contributed by atoms with Gasteiger partial charge in [-0.2, -0.15) is 0 Å². The van der Waals surface area contributed by atoms with E-state index >= 15 is 0 Å². The first kappa shape index (κ1) is 12.9. The lowest BCUT2D eigenvalue weighted by molar-refractivity contribution is 0.0783. The molecule has 2 aromatic heterocycles. The van der Waals surface area contributed by atoms with Crippen LogP contribution in [0.4, 0.5) is 0 Å². The molecule has 1 atom stereocenters. The van der Waals surface area contributed by atoms with Crippen molar-refractivity contribution in [3.05, 3.63) is 54.4 Å². The highest BCUT2D eigenvalue weighted by Crippen LogP contribution is 2.29. The highest BCUT2D eigenvalue weighted by molar-refractivity contribution is 5.92. The van der Waals surface area contributed by atoms with Crippen molar-refractivity contribution < 1.29 is 9.21 Å². The Morgan fingerprint density at radius 1 is 1.27 bits per heavy atom. The molecule has 0 bridgehead atoms. The smallest absolute Gasteiger partial charge is 0.274 e. The number of benzene rings is 1. The summed E-state index contributed by atoms with van der Waals surface area (Å²) < 4.78 is 5.81. The second kappa shape index (κ2) is 5.22. The SMILES string of the molecule is O=C(c1cnccn1)N1CCC(c2nc3ccccc3o2)C1. The number of hydrogen-bond acceptors (Lipinski definition) is 5. The molecule has 1 aliphatic rings. The van der Waals surface area contributed by atoms with E-state index in [-0.39, 0.29) is 11.8 Å². The molecule has 110 valence electrons. The van der Waals surface area contributed by atoms with Gasteiger partial charge in [-0.1, -0.05) is 12.1 Å². The monoisotopic (exact) mass is 294 g/mol. The second-order valence-corrected chi connectivity index (χ2v) is 5.35. The predicted molar refractivity (Wildman–Crippen MR) is 79.3 cm³/mol. The van der Waals surface area contributed by atoms with E-state index in [1.807, 2.05) is 24.3 Å². The van der Waals surface area contributed by atoms with E-state index < -0.39 is 0 Å². The minimum Gasteiger partial charge on any atom is -0.440 e. The van der Waals surface area contributed by atoms with Gasteiger partial charge < -0.3 is 9.32 Å². The average molecular weight is 294 g/mol. The Labute approximate surface area is 126 Å². The van der Waals surface area contributed by atoms with Gasteiger partial charge in [0.2, 0.25) is 0 Å². The van der Waals surface area contributed by atoms with E-state index in [2.05, 4.69) is 15.0 Å². The lowest BCUT2D eigenvalue weighted by Gasteiger charge is -2.14. The number of fused-ring (bicyclic) bond motifs is 1. The van der Waals surface area contributed by atoms with Crippen LogP contribution in [0.1, 0.15) is 28.7 Å². The zero-order valence-corrected chi connectivity index (χ0v) is 11.8. The van der Waals surface area contributed by atoms with Gasteiger partial charge in [-0.25, -0.2) is 9.97 Å². The van der Waals surface area contributed by atoms with Gasteiger partial charge in [0.1, 0.15) is 11.2 Å². The zero-order valence-electron chi connectivity index (χ0n) is 11.8. The maximum absolute atomic E-state index is 12.4. The van der Waals surface area contributed by atoms with Crippen molar-refractivity contribution in [3.63, 3.8) is 0 Å². The van der Waals surface area contributed by atoms with Gasteiger partial charge >= 0.3 is 0 Å². The summed E-state index contributed by atoms with van der Waals surface area (Å²) in [4.78, 5) is 26.7. The first-order chi connectivity index (χ1) is 10.8. The van der Waals surface area contributed by atoms with E-state index in [4.69, 9.17) is 4.42 Å². The Bertz CT molecular complexity index is 782. The van der Waals surface area contributed by atoms with Crippen LogP contribution in [0.5, 0.6) is 0 Å². The van der Waals surface area contributed by atoms with Gasteiger partial charge in [-0.05, 0) is 18.6 Å². The molecule has 1 aliphatic heterocycles. The number of rotatable bonds is 2. The number of hydrogen-bond donors (Lipinski definition) is 0. The van der Waals surface area contributed by atoms with E-state index in [1.54, 1.807) is 11.1 Å². The van der Waals surface area contributed by atoms with Crippen molar-refractivity contribution in [2.45, 2.75) is 12.3 Å². The van der Waals surface area contributed by atoms with E-state index in [0.717, 1.165) is 17.5 Å². The first-order valence-corrected chi connectivity index (χ1v) is 7.22. The molecule has 0 N–H and O–H groups in total. The van der Waals surface area contributed by atoms with Crippen molar-refractivity contribution in [1.29, 1.82) is 0 Å². The quantitative estimate of drug-likeness (QED) is 0.725. The molecule has 1 unspecified atom stereocenters. The number of oxazole rings is 1. The molecule has 0 aliphatic carbocycles. The molecule has 1 aromatic carbocycles. The standard InChI is InChI=1S/C16H14N4O2/c21-16(13-9-17-6-7-18-13)20-8-5-11(10-20)15-19-12-3-1-2-4-14(12)22-15/h1-4,6-7,9,11H,5,8,10H2. The van der Waals surface area contributed by atoms with Crippen molar-refractivity contribution in [2.24, 2.45) is 0 Å². The molecule has 3 heterocycles. The summed E-state index contributed by atoms with van der Waals surface area (Å²) in [6.07, 6.45) is 5.43. The lowest BCUT2D eigenvalue weighted by Crippen LogP contribution is -2.29. The third-order valence-corrected chi connectivity index (χ3v) is 3.92. The number of likely N-dealkylation sites (tertiary alicyclic amines) is 1. The Morgan fingerprint density at radius 2 is 2.18 bits per heavy atom. The summed E-state index contributed by atoms with van der Waals surface area (Å²) in [5.41, 5.74) is 2.02. The van der Waals surface area contributed by atoms with Gasteiger partial charge in [0.25, 0.3) is 5.91 Å². The number of amides is 1. The number of aromatic nitrogens is 3.